The van der Waals surface area contributed by atoms with Gasteiger partial charge in [-0.25, -0.2) is 4.98 Å². The minimum atomic E-state index is -0.306. The zero-order valence-electron chi connectivity index (χ0n) is 12.6. The van der Waals surface area contributed by atoms with E-state index in [1.54, 1.807) is 6.20 Å². The molecule has 0 saturated heterocycles. The minimum absolute atomic E-state index is 0.306. The predicted molar refractivity (Wildman–Crippen MR) is 85.9 cm³/mol. The number of aryl methyl sites for hydroxylation is 1. The first-order valence-corrected chi connectivity index (χ1v) is 7.55. The Hall–Kier alpha value is -1.52. The zero-order valence-corrected chi connectivity index (χ0v) is 13.3. The Morgan fingerprint density at radius 2 is 2.14 bits per heavy atom. The summed E-state index contributed by atoms with van der Waals surface area (Å²) in [6.07, 6.45) is 6.67. The molecule has 0 fully saturated rings. The van der Waals surface area contributed by atoms with Gasteiger partial charge in [0.05, 0.1) is 11.3 Å². The summed E-state index contributed by atoms with van der Waals surface area (Å²) in [6, 6.07) is 7.56. The first-order valence-electron chi connectivity index (χ1n) is 7.17. The number of ether oxygens (including phenoxy) is 1. The molecule has 0 bridgehead atoms. The van der Waals surface area contributed by atoms with E-state index in [0.717, 1.165) is 31.8 Å². The van der Waals surface area contributed by atoms with Crippen LogP contribution in [-0.2, 0) is 6.54 Å². The van der Waals surface area contributed by atoms with Crippen molar-refractivity contribution in [1.82, 2.24) is 14.9 Å². The van der Waals surface area contributed by atoms with Crippen molar-refractivity contribution in [2.45, 2.75) is 32.4 Å². The molecule has 0 unspecified atom stereocenters. The smallest absolute Gasteiger partial charge is 0.138 e. The fourth-order valence-corrected chi connectivity index (χ4v) is 2.23. The summed E-state index contributed by atoms with van der Waals surface area (Å²) in [4.78, 5) is 4.03. The molecule has 2 rings (SSSR count). The lowest BCUT2D eigenvalue weighted by Crippen LogP contribution is -2.40. The molecule has 1 heterocycles. The van der Waals surface area contributed by atoms with Gasteiger partial charge in [0, 0.05) is 25.5 Å². The number of imidazole rings is 1. The maximum Gasteiger partial charge on any atom is 0.138 e. The van der Waals surface area contributed by atoms with E-state index in [1.165, 1.54) is 0 Å². The molecule has 2 aromatic rings. The van der Waals surface area contributed by atoms with Gasteiger partial charge in [-0.3, -0.25) is 0 Å². The van der Waals surface area contributed by atoms with E-state index in [1.807, 2.05) is 36.8 Å². The molecule has 0 aliphatic heterocycles. The Kier molecular flexibility index (Phi) is 5.65. The van der Waals surface area contributed by atoms with Gasteiger partial charge >= 0.3 is 0 Å². The van der Waals surface area contributed by atoms with E-state index in [9.17, 15) is 0 Å². The van der Waals surface area contributed by atoms with Gasteiger partial charge in [-0.2, -0.15) is 0 Å². The molecule has 114 valence electrons. The molecular weight excluding hydrogens is 286 g/mol. The standard InChI is InChI=1S/C16H22ClN3O/c1-16(2,21-15-7-4-3-6-14(15)17)12-18-8-5-10-20-11-9-19-13-20/h3-4,6-7,9,11,13,18H,5,8,10,12H2,1-2H3. The topological polar surface area (TPSA) is 39.1 Å². The van der Waals surface area contributed by atoms with E-state index in [0.29, 0.717) is 5.02 Å². The number of nitrogens with one attached hydrogen (secondary N) is 1. The molecular formula is C16H22ClN3O. The van der Waals surface area contributed by atoms with Gasteiger partial charge in [0.1, 0.15) is 11.4 Å². The molecule has 21 heavy (non-hydrogen) atoms. The largest absolute Gasteiger partial charge is 0.485 e. The first kappa shape index (κ1) is 15.9. The second-order valence-electron chi connectivity index (χ2n) is 5.62. The van der Waals surface area contributed by atoms with Crippen molar-refractivity contribution in [3.8, 4) is 5.75 Å². The highest BCUT2D eigenvalue weighted by Crippen LogP contribution is 2.26. The normalized spacial score (nSPS) is 11.6. The summed E-state index contributed by atoms with van der Waals surface area (Å²) in [7, 11) is 0. The second-order valence-corrected chi connectivity index (χ2v) is 6.03. The number of halogens is 1. The molecule has 1 aromatic carbocycles. The Bertz CT molecular complexity index is 540. The lowest BCUT2D eigenvalue weighted by atomic mass is 10.1. The summed E-state index contributed by atoms with van der Waals surface area (Å²) in [5.41, 5.74) is -0.306. The third-order valence-corrected chi connectivity index (χ3v) is 3.41. The number of aromatic nitrogens is 2. The highest BCUT2D eigenvalue weighted by Gasteiger charge is 2.20. The number of hydrogen-bond acceptors (Lipinski definition) is 3. The quantitative estimate of drug-likeness (QED) is 0.760. The Balaban J connectivity index is 1.70. The molecule has 1 aromatic heterocycles. The van der Waals surface area contributed by atoms with Crippen LogP contribution < -0.4 is 10.1 Å². The van der Waals surface area contributed by atoms with Crippen molar-refractivity contribution < 1.29 is 4.74 Å². The predicted octanol–water partition coefficient (Wildman–Crippen LogP) is 3.37. The summed E-state index contributed by atoms with van der Waals surface area (Å²) in [6.45, 7) is 6.78. The van der Waals surface area contributed by atoms with Gasteiger partial charge in [0.2, 0.25) is 0 Å². The van der Waals surface area contributed by atoms with Crippen LogP contribution in [0.25, 0.3) is 0 Å². The number of nitrogens with zero attached hydrogens (tertiary/aromatic N) is 2. The van der Waals surface area contributed by atoms with Crippen LogP contribution in [0.1, 0.15) is 20.3 Å². The molecule has 0 aliphatic carbocycles. The Morgan fingerprint density at radius 3 is 2.86 bits per heavy atom. The molecule has 0 aliphatic rings. The average molecular weight is 308 g/mol. The van der Waals surface area contributed by atoms with Crippen LogP contribution in [0.15, 0.2) is 43.0 Å². The minimum Gasteiger partial charge on any atom is -0.485 e. The zero-order chi connectivity index (χ0) is 15.1. The molecule has 0 amide bonds. The molecule has 0 radical (unpaired) electrons. The number of rotatable bonds is 8. The third-order valence-electron chi connectivity index (χ3n) is 3.10. The third kappa shape index (κ3) is 5.40. The molecule has 5 heteroatoms. The molecule has 0 spiro atoms. The summed E-state index contributed by atoms with van der Waals surface area (Å²) in [5, 5.41) is 4.07. The van der Waals surface area contributed by atoms with Gasteiger partial charge in [0.15, 0.2) is 0 Å². The monoisotopic (exact) mass is 307 g/mol. The van der Waals surface area contributed by atoms with Crippen LogP contribution in [0.4, 0.5) is 0 Å². The van der Waals surface area contributed by atoms with Gasteiger partial charge in [-0.1, -0.05) is 23.7 Å². The van der Waals surface area contributed by atoms with Crippen LogP contribution in [0.2, 0.25) is 5.02 Å². The lowest BCUT2D eigenvalue weighted by molar-refractivity contribution is 0.108. The fourth-order valence-electron chi connectivity index (χ4n) is 2.06. The Morgan fingerprint density at radius 1 is 1.33 bits per heavy atom. The molecule has 1 N–H and O–H groups in total. The van der Waals surface area contributed by atoms with Crippen LogP contribution >= 0.6 is 11.6 Å². The SMILES string of the molecule is CC(C)(CNCCCn1ccnc1)Oc1ccccc1Cl. The maximum absolute atomic E-state index is 6.12. The first-order chi connectivity index (χ1) is 10.1. The average Bonchev–Trinajstić information content (AvgIpc) is 2.94. The van der Waals surface area contributed by atoms with Crippen LogP contribution in [0.3, 0.4) is 0 Å². The molecule has 0 saturated carbocycles. The summed E-state index contributed by atoms with van der Waals surface area (Å²) >= 11 is 6.12. The summed E-state index contributed by atoms with van der Waals surface area (Å²) < 4.78 is 8.05. The molecule has 4 nitrogen and oxygen atoms in total. The van der Waals surface area contributed by atoms with Crippen LogP contribution in [0, 0.1) is 0 Å². The van der Waals surface area contributed by atoms with Gasteiger partial charge in [0.25, 0.3) is 0 Å². The van der Waals surface area contributed by atoms with E-state index in [2.05, 4.69) is 28.7 Å². The second kappa shape index (κ2) is 7.48. The van der Waals surface area contributed by atoms with Crippen molar-refractivity contribution in [2.24, 2.45) is 0 Å². The van der Waals surface area contributed by atoms with Crippen molar-refractivity contribution in [1.29, 1.82) is 0 Å². The van der Waals surface area contributed by atoms with Gasteiger partial charge in [-0.05, 0) is 38.9 Å². The van der Waals surface area contributed by atoms with Crippen molar-refractivity contribution in [3.05, 3.63) is 48.0 Å². The maximum atomic E-state index is 6.12. The van der Waals surface area contributed by atoms with Gasteiger partial charge < -0.3 is 14.6 Å². The number of para-hydroxylation sites is 1. The van der Waals surface area contributed by atoms with E-state index >= 15 is 0 Å². The highest BCUT2D eigenvalue weighted by molar-refractivity contribution is 6.32. The van der Waals surface area contributed by atoms with Crippen molar-refractivity contribution >= 4 is 11.6 Å². The lowest BCUT2D eigenvalue weighted by Gasteiger charge is -2.27. The molecule has 0 atom stereocenters. The van der Waals surface area contributed by atoms with E-state index in [-0.39, 0.29) is 5.60 Å². The Labute approximate surface area is 131 Å². The fraction of sp³-hybridized carbons (Fsp3) is 0.438. The number of benzene rings is 1. The van der Waals surface area contributed by atoms with E-state index < -0.39 is 0 Å². The number of hydrogen-bond donors (Lipinski definition) is 1. The summed E-state index contributed by atoms with van der Waals surface area (Å²) in [5.74, 6) is 0.726. The van der Waals surface area contributed by atoms with Crippen LogP contribution in [0.5, 0.6) is 5.75 Å². The van der Waals surface area contributed by atoms with Gasteiger partial charge in [-0.15, -0.1) is 0 Å². The van der Waals surface area contributed by atoms with Crippen molar-refractivity contribution in [2.75, 3.05) is 13.1 Å². The van der Waals surface area contributed by atoms with Crippen LogP contribution in [-0.4, -0.2) is 28.2 Å². The van der Waals surface area contributed by atoms with Crippen molar-refractivity contribution in [3.63, 3.8) is 0 Å². The highest BCUT2D eigenvalue weighted by atomic mass is 35.5. The van der Waals surface area contributed by atoms with E-state index in [4.69, 9.17) is 16.3 Å².